The number of likely N-dealkylation sites (tertiary alicyclic amines) is 1. The molecule has 3 nitrogen and oxygen atoms in total. The molecular formula is C10H14F2N2O. The van der Waals surface area contributed by atoms with Crippen LogP contribution in [0.3, 0.4) is 0 Å². The SMILES string of the molecule is Cc1cnc(CN2CCC[C@@H]2C(F)F)o1. The molecule has 2 heterocycles. The zero-order chi connectivity index (χ0) is 10.8. The summed E-state index contributed by atoms with van der Waals surface area (Å²) in [4.78, 5) is 5.77. The Morgan fingerprint density at radius 3 is 3.07 bits per heavy atom. The predicted molar refractivity (Wildman–Crippen MR) is 50.7 cm³/mol. The van der Waals surface area contributed by atoms with Crippen LogP contribution >= 0.6 is 0 Å². The number of hydrogen-bond acceptors (Lipinski definition) is 3. The summed E-state index contributed by atoms with van der Waals surface area (Å²) in [5.74, 6) is 1.25. The van der Waals surface area contributed by atoms with E-state index in [9.17, 15) is 8.78 Å². The number of aryl methyl sites for hydroxylation is 1. The van der Waals surface area contributed by atoms with Crippen LogP contribution in [0, 0.1) is 6.92 Å². The standard InChI is InChI=1S/C10H14F2N2O/c1-7-5-13-9(15-7)6-14-4-2-3-8(14)10(11)12/h5,8,10H,2-4,6H2,1H3/t8-/m1/s1. The van der Waals surface area contributed by atoms with Crippen LogP contribution in [0.15, 0.2) is 10.6 Å². The Hall–Kier alpha value is -0.970. The molecule has 84 valence electrons. The van der Waals surface area contributed by atoms with E-state index in [1.165, 1.54) is 0 Å². The molecule has 1 aliphatic rings. The molecule has 5 heteroatoms. The van der Waals surface area contributed by atoms with Gasteiger partial charge in [-0.2, -0.15) is 0 Å². The molecule has 0 spiro atoms. The summed E-state index contributed by atoms with van der Waals surface area (Å²) < 4.78 is 30.5. The predicted octanol–water partition coefficient (Wildman–Crippen LogP) is 2.21. The Kier molecular flexibility index (Phi) is 3.00. The molecule has 0 saturated carbocycles. The van der Waals surface area contributed by atoms with Gasteiger partial charge in [0.2, 0.25) is 5.89 Å². The third-order valence-corrected chi connectivity index (χ3v) is 2.71. The third-order valence-electron chi connectivity index (χ3n) is 2.71. The maximum absolute atomic E-state index is 12.6. The van der Waals surface area contributed by atoms with Crippen molar-refractivity contribution in [2.45, 2.75) is 38.8 Å². The first kappa shape index (κ1) is 10.5. The second kappa shape index (κ2) is 4.26. The van der Waals surface area contributed by atoms with Gasteiger partial charge in [0.15, 0.2) is 0 Å². The fourth-order valence-electron chi connectivity index (χ4n) is 1.98. The molecule has 0 bridgehead atoms. The molecule has 1 aromatic rings. The van der Waals surface area contributed by atoms with Crippen LogP contribution in [0.4, 0.5) is 8.78 Å². The molecule has 1 aromatic heterocycles. The highest BCUT2D eigenvalue weighted by atomic mass is 19.3. The Labute approximate surface area is 87.1 Å². The van der Waals surface area contributed by atoms with E-state index in [2.05, 4.69) is 4.98 Å². The minimum atomic E-state index is -2.27. The molecule has 0 unspecified atom stereocenters. The van der Waals surface area contributed by atoms with Crippen LogP contribution in [0.5, 0.6) is 0 Å². The second-order valence-corrected chi connectivity index (χ2v) is 3.88. The molecule has 0 aromatic carbocycles. The average molecular weight is 216 g/mol. The van der Waals surface area contributed by atoms with Crippen molar-refractivity contribution in [1.29, 1.82) is 0 Å². The first-order chi connectivity index (χ1) is 7.16. The smallest absolute Gasteiger partial charge is 0.253 e. The Balaban J connectivity index is 1.99. The molecule has 0 radical (unpaired) electrons. The molecular weight excluding hydrogens is 202 g/mol. The van der Waals surface area contributed by atoms with E-state index in [0.29, 0.717) is 25.4 Å². The van der Waals surface area contributed by atoms with E-state index >= 15 is 0 Å². The highest BCUT2D eigenvalue weighted by molar-refractivity contribution is 4.92. The van der Waals surface area contributed by atoms with E-state index in [0.717, 1.165) is 12.2 Å². The van der Waals surface area contributed by atoms with E-state index in [-0.39, 0.29) is 0 Å². The molecule has 1 fully saturated rings. The molecule has 0 N–H and O–H groups in total. The maximum atomic E-state index is 12.6. The number of hydrogen-bond donors (Lipinski definition) is 0. The summed E-state index contributed by atoms with van der Waals surface area (Å²) >= 11 is 0. The van der Waals surface area contributed by atoms with Gasteiger partial charge in [0.05, 0.1) is 18.8 Å². The summed E-state index contributed by atoms with van der Waals surface area (Å²) in [6, 6.07) is -0.628. The number of halogens is 2. The quantitative estimate of drug-likeness (QED) is 0.775. The summed E-state index contributed by atoms with van der Waals surface area (Å²) in [5.41, 5.74) is 0. The number of nitrogens with zero attached hydrogens (tertiary/aromatic N) is 2. The van der Waals surface area contributed by atoms with Crippen LogP contribution in [0.2, 0.25) is 0 Å². The minimum Gasteiger partial charge on any atom is -0.445 e. The van der Waals surface area contributed by atoms with Gasteiger partial charge in [-0.25, -0.2) is 13.8 Å². The number of rotatable bonds is 3. The van der Waals surface area contributed by atoms with E-state index in [1.54, 1.807) is 18.0 Å². The van der Waals surface area contributed by atoms with Crippen molar-refractivity contribution >= 4 is 0 Å². The lowest BCUT2D eigenvalue weighted by Crippen LogP contribution is -2.34. The van der Waals surface area contributed by atoms with E-state index in [1.807, 2.05) is 0 Å². The first-order valence-corrected chi connectivity index (χ1v) is 5.10. The van der Waals surface area contributed by atoms with Crippen molar-refractivity contribution in [3.05, 3.63) is 17.8 Å². The highest BCUT2D eigenvalue weighted by Crippen LogP contribution is 2.24. The van der Waals surface area contributed by atoms with Gasteiger partial charge < -0.3 is 4.42 Å². The maximum Gasteiger partial charge on any atom is 0.253 e. The molecule has 1 aliphatic heterocycles. The van der Waals surface area contributed by atoms with Crippen molar-refractivity contribution in [2.24, 2.45) is 0 Å². The Bertz CT molecular complexity index is 327. The number of alkyl halides is 2. The lowest BCUT2D eigenvalue weighted by Gasteiger charge is -2.21. The summed E-state index contributed by atoms with van der Waals surface area (Å²) in [6.45, 7) is 2.89. The topological polar surface area (TPSA) is 29.3 Å². The Morgan fingerprint density at radius 2 is 2.47 bits per heavy atom. The van der Waals surface area contributed by atoms with Crippen molar-refractivity contribution in [2.75, 3.05) is 6.54 Å². The minimum absolute atomic E-state index is 0.392. The third kappa shape index (κ3) is 2.34. The Morgan fingerprint density at radius 1 is 1.67 bits per heavy atom. The summed E-state index contributed by atoms with van der Waals surface area (Å²) in [7, 11) is 0. The number of aromatic nitrogens is 1. The fourth-order valence-corrected chi connectivity index (χ4v) is 1.98. The lowest BCUT2D eigenvalue weighted by atomic mass is 10.2. The van der Waals surface area contributed by atoms with Gasteiger partial charge in [-0.3, -0.25) is 4.90 Å². The summed E-state index contributed by atoms with van der Waals surface area (Å²) in [6.07, 6.45) is 0.734. The van der Waals surface area contributed by atoms with Crippen LogP contribution < -0.4 is 0 Å². The average Bonchev–Trinajstić information content (AvgIpc) is 2.75. The van der Waals surface area contributed by atoms with Gasteiger partial charge >= 0.3 is 0 Å². The molecule has 0 amide bonds. The van der Waals surface area contributed by atoms with Crippen LogP contribution in [0.1, 0.15) is 24.5 Å². The summed E-state index contributed by atoms with van der Waals surface area (Å²) in [5, 5.41) is 0. The number of oxazole rings is 1. The molecule has 15 heavy (non-hydrogen) atoms. The van der Waals surface area contributed by atoms with E-state index in [4.69, 9.17) is 4.42 Å². The van der Waals surface area contributed by atoms with Gasteiger partial charge in [0, 0.05) is 0 Å². The zero-order valence-corrected chi connectivity index (χ0v) is 8.62. The van der Waals surface area contributed by atoms with Crippen molar-refractivity contribution in [3.63, 3.8) is 0 Å². The van der Waals surface area contributed by atoms with Gasteiger partial charge in [-0.05, 0) is 26.3 Å². The van der Waals surface area contributed by atoms with Crippen molar-refractivity contribution < 1.29 is 13.2 Å². The largest absolute Gasteiger partial charge is 0.445 e. The van der Waals surface area contributed by atoms with Gasteiger partial charge in [0.1, 0.15) is 5.76 Å². The molecule has 1 saturated heterocycles. The van der Waals surface area contributed by atoms with Gasteiger partial charge in [-0.1, -0.05) is 0 Å². The van der Waals surface area contributed by atoms with Gasteiger partial charge in [-0.15, -0.1) is 0 Å². The normalized spacial score (nSPS) is 22.8. The second-order valence-electron chi connectivity index (χ2n) is 3.88. The van der Waals surface area contributed by atoms with Crippen LogP contribution in [-0.4, -0.2) is 28.9 Å². The molecule has 1 atom stereocenters. The monoisotopic (exact) mass is 216 g/mol. The van der Waals surface area contributed by atoms with Crippen molar-refractivity contribution in [3.8, 4) is 0 Å². The molecule has 0 aliphatic carbocycles. The fraction of sp³-hybridized carbons (Fsp3) is 0.700. The van der Waals surface area contributed by atoms with Gasteiger partial charge in [0.25, 0.3) is 6.43 Å². The van der Waals surface area contributed by atoms with Crippen molar-refractivity contribution in [1.82, 2.24) is 9.88 Å². The first-order valence-electron chi connectivity index (χ1n) is 5.10. The highest BCUT2D eigenvalue weighted by Gasteiger charge is 2.32. The van der Waals surface area contributed by atoms with E-state index < -0.39 is 12.5 Å². The van der Waals surface area contributed by atoms with Crippen LogP contribution in [0.25, 0.3) is 0 Å². The lowest BCUT2D eigenvalue weighted by molar-refractivity contribution is 0.0404. The van der Waals surface area contributed by atoms with Crippen LogP contribution in [-0.2, 0) is 6.54 Å². The molecule has 2 rings (SSSR count). The zero-order valence-electron chi connectivity index (χ0n) is 8.62.